The van der Waals surface area contributed by atoms with Crippen molar-refractivity contribution in [1.29, 1.82) is 0 Å². The maximum absolute atomic E-state index is 6.67. The summed E-state index contributed by atoms with van der Waals surface area (Å²) in [6.07, 6.45) is 6.76. The Labute approximate surface area is 219 Å². The van der Waals surface area contributed by atoms with E-state index in [1.807, 2.05) is 11.3 Å². The third-order valence-electron chi connectivity index (χ3n) is 9.03. The molecule has 0 radical (unpaired) electrons. The Morgan fingerprint density at radius 3 is 2.61 bits per heavy atom. The van der Waals surface area contributed by atoms with E-state index in [0.717, 1.165) is 11.5 Å². The molecule has 38 heavy (non-hydrogen) atoms. The van der Waals surface area contributed by atoms with Gasteiger partial charge in [0.25, 0.3) is 0 Å². The van der Waals surface area contributed by atoms with Crippen molar-refractivity contribution >= 4 is 58.8 Å². The van der Waals surface area contributed by atoms with E-state index in [0.29, 0.717) is 0 Å². The van der Waals surface area contributed by atoms with E-state index in [2.05, 4.69) is 117 Å². The molecule has 3 aliphatic rings. The molecule has 0 N–H and O–H groups in total. The second kappa shape index (κ2) is 5.72. The molecule has 174 valence electrons. The predicted molar refractivity (Wildman–Crippen MR) is 149 cm³/mol. The lowest BCUT2D eigenvalue weighted by Crippen LogP contribution is -2.71. The van der Waals surface area contributed by atoms with Gasteiger partial charge in [0.1, 0.15) is 40.5 Å². The van der Waals surface area contributed by atoms with Gasteiger partial charge in [-0.05, 0) is 42.5 Å². The normalized spacial score (nSPS) is 17.8. The van der Waals surface area contributed by atoms with E-state index in [9.17, 15) is 0 Å². The summed E-state index contributed by atoms with van der Waals surface area (Å²) in [5, 5.41) is 6.50. The van der Waals surface area contributed by atoms with E-state index < -0.39 is 5.66 Å². The number of nitrogens with zero attached hydrogens (tertiary/aromatic N) is 3. The zero-order valence-electron chi connectivity index (χ0n) is 20.0. The maximum Gasteiger partial charge on any atom is 0.371 e. The molecule has 11 rings (SSSR count). The van der Waals surface area contributed by atoms with Crippen LogP contribution >= 0.6 is 11.3 Å². The van der Waals surface area contributed by atoms with Gasteiger partial charge in [-0.2, -0.15) is 8.97 Å². The van der Waals surface area contributed by atoms with Gasteiger partial charge in [-0.3, -0.25) is 0 Å². The molecule has 0 amide bonds. The van der Waals surface area contributed by atoms with Gasteiger partial charge in [-0.25, -0.2) is 0 Å². The fraction of sp³-hybridized carbons (Fsp3) is 0.0303. The second-order valence-corrected chi connectivity index (χ2v) is 11.7. The SMILES string of the molecule is c1cc2c3c(c1)-c1cccc[n+]1C31c3c(ccc4c5cc6c(cc5n5cc[n+]1c5c34)sc1ccccc16)O2. The Hall–Kier alpha value is -4.74. The molecular formula is C33H17N3OS+2. The topological polar surface area (TPSA) is 21.4 Å². The molecular weight excluding hydrogens is 486 g/mol. The lowest BCUT2D eigenvalue weighted by atomic mass is 9.86. The number of imidazole rings is 1. The number of hydrogen-bond donors (Lipinski definition) is 0. The molecule has 0 bridgehead atoms. The largest absolute Gasteiger partial charge is 0.456 e. The third kappa shape index (κ3) is 1.71. The van der Waals surface area contributed by atoms with Crippen LogP contribution in [0.4, 0.5) is 0 Å². The number of benzene rings is 4. The third-order valence-corrected chi connectivity index (χ3v) is 10.2. The molecule has 4 aromatic heterocycles. The molecule has 1 atom stereocenters. The van der Waals surface area contributed by atoms with E-state index in [4.69, 9.17) is 4.74 Å². The summed E-state index contributed by atoms with van der Waals surface area (Å²) in [6, 6.07) is 31.0. The Morgan fingerprint density at radius 2 is 1.61 bits per heavy atom. The highest BCUT2D eigenvalue weighted by Crippen LogP contribution is 2.57. The Morgan fingerprint density at radius 1 is 0.684 bits per heavy atom. The minimum atomic E-state index is -0.506. The number of fused-ring (bicyclic) bond motifs is 8. The van der Waals surface area contributed by atoms with Crippen molar-refractivity contribution in [2.45, 2.75) is 5.66 Å². The fourth-order valence-electron chi connectivity index (χ4n) is 7.71. The smallest absolute Gasteiger partial charge is 0.371 e. The van der Waals surface area contributed by atoms with E-state index in [1.165, 1.54) is 69.9 Å². The van der Waals surface area contributed by atoms with Crippen LogP contribution in [0.15, 0.2) is 104 Å². The number of pyridine rings is 2. The van der Waals surface area contributed by atoms with Crippen LogP contribution in [0.5, 0.6) is 11.5 Å². The lowest BCUT2D eigenvalue weighted by Gasteiger charge is -2.27. The molecule has 1 unspecified atom stereocenters. The summed E-state index contributed by atoms with van der Waals surface area (Å²) in [5.74, 6) is 1.88. The zero-order chi connectivity index (χ0) is 24.3. The summed E-state index contributed by atoms with van der Waals surface area (Å²) < 4.78 is 16.7. The van der Waals surface area contributed by atoms with Gasteiger partial charge in [0, 0.05) is 49.1 Å². The molecule has 0 saturated heterocycles. The van der Waals surface area contributed by atoms with Crippen molar-refractivity contribution in [2.24, 2.45) is 0 Å². The van der Waals surface area contributed by atoms with Crippen LogP contribution in [0.25, 0.3) is 58.8 Å². The monoisotopic (exact) mass is 503 g/mol. The molecule has 1 spiro atoms. The van der Waals surface area contributed by atoms with Crippen LogP contribution in [-0.2, 0) is 5.66 Å². The van der Waals surface area contributed by atoms with Crippen LogP contribution in [0.2, 0.25) is 0 Å². The summed E-state index contributed by atoms with van der Waals surface area (Å²) >= 11 is 1.88. The van der Waals surface area contributed by atoms with E-state index in [1.54, 1.807) is 0 Å². The number of ether oxygens (including phenoxy) is 1. The summed E-state index contributed by atoms with van der Waals surface area (Å²) in [6.45, 7) is 0. The first-order valence-electron chi connectivity index (χ1n) is 12.9. The first-order valence-corrected chi connectivity index (χ1v) is 13.8. The number of hydrogen-bond acceptors (Lipinski definition) is 2. The lowest BCUT2D eigenvalue weighted by molar-refractivity contribution is -0.950. The van der Waals surface area contributed by atoms with Crippen LogP contribution in [-0.4, -0.2) is 4.40 Å². The van der Waals surface area contributed by atoms with Gasteiger partial charge in [0.05, 0.1) is 10.9 Å². The van der Waals surface area contributed by atoms with Gasteiger partial charge in [0.2, 0.25) is 5.69 Å². The van der Waals surface area contributed by atoms with Gasteiger partial charge in [-0.1, -0.05) is 24.3 Å². The van der Waals surface area contributed by atoms with Crippen LogP contribution in [0, 0.1) is 0 Å². The average molecular weight is 504 g/mol. The van der Waals surface area contributed by atoms with E-state index >= 15 is 0 Å². The second-order valence-electron chi connectivity index (χ2n) is 10.6. The average Bonchev–Trinajstić information content (AvgIpc) is 3.70. The molecule has 4 aromatic carbocycles. The minimum Gasteiger partial charge on any atom is -0.456 e. The molecule has 4 nitrogen and oxygen atoms in total. The van der Waals surface area contributed by atoms with E-state index in [-0.39, 0.29) is 0 Å². The number of aromatic nitrogens is 3. The van der Waals surface area contributed by atoms with Crippen molar-refractivity contribution in [3.8, 4) is 22.8 Å². The first-order chi connectivity index (χ1) is 18.8. The molecule has 0 saturated carbocycles. The Balaban J connectivity index is 1.41. The summed E-state index contributed by atoms with van der Waals surface area (Å²) in [4.78, 5) is 0. The van der Waals surface area contributed by atoms with Crippen molar-refractivity contribution in [1.82, 2.24) is 4.40 Å². The van der Waals surface area contributed by atoms with Crippen LogP contribution in [0.1, 0.15) is 11.1 Å². The van der Waals surface area contributed by atoms with Gasteiger partial charge in [0.15, 0.2) is 6.20 Å². The molecule has 0 fully saturated rings. The molecule has 8 aromatic rings. The van der Waals surface area contributed by atoms with Crippen molar-refractivity contribution in [3.63, 3.8) is 0 Å². The highest BCUT2D eigenvalue weighted by Gasteiger charge is 2.67. The standard InChI is InChI=1S/C33H17N3OS/c1-2-10-27-18(6-1)22-16-21-19-11-12-26-31-29(19)32-34(24(21)17-28(22)38-27)14-15-36(32)33(31)30-20(7-5-9-25(30)37-26)23-8-3-4-13-35(23)33/h1-17H/q+2. The van der Waals surface area contributed by atoms with Crippen LogP contribution in [0.3, 0.4) is 0 Å². The number of thiophene rings is 1. The van der Waals surface area contributed by atoms with Gasteiger partial charge in [-0.15, -0.1) is 15.9 Å². The molecule has 0 aliphatic carbocycles. The Kier molecular flexibility index (Phi) is 2.78. The van der Waals surface area contributed by atoms with Gasteiger partial charge < -0.3 is 4.74 Å². The molecule has 3 aliphatic heterocycles. The van der Waals surface area contributed by atoms with Crippen molar-refractivity contribution in [3.05, 3.63) is 115 Å². The quantitative estimate of drug-likeness (QED) is 0.163. The van der Waals surface area contributed by atoms with Crippen LogP contribution < -0.4 is 13.9 Å². The van der Waals surface area contributed by atoms with Gasteiger partial charge >= 0.3 is 11.3 Å². The summed E-state index contributed by atoms with van der Waals surface area (Å²) in [5.41, 5.74) is 6.89. The molecule has 5 heteroatoms. The minimum absolute atomic E-state index is 0.506. The molecule has 7 heterocycles. The van der Waals surface area contributed by atoms with Crippen molar-refractivity contribution in [2.75, 3.05) is 0 Å². The zero-order valence-corrected chi connectivity index (χ0v) is 20.8. The predicted octanol–water partition coefficient (Wildman–Crippen LogP) is 6.89. The highest BCUT2D eigenvalue weighted by atomic mass is 32.1. The fourth-order valence-corrected chi connectivity index (χ4v) is 8.83. The highest BCUT2D eigenvalue weighted by molar-refractivity contribution is 7.25. The first kappa shape index (κ1) is 18.5. The summed E-state index contributed by atoms with van der Waals surface area (Å²) in [7, 11) is 0. The number of rotatable bonds is 0. The maximum atomic E-state index is 6.67. The Bertz CT molecular complexity index is 2450. The van der Waals surface area contributed by atoms with Crippen molar-refractivity contribution < 1.29 is 13.9 Å².